The van der Waals surface area contributed by atoms with Crippen molar-refractivity contribution in [2.45, 2.75) is 6.10 Å². The van der Waals surface area contributed by atoms with E-state index in [0.29, 0.717) is 0 Å². The van der Waals surface area contributed by atoms with Crippen molar-refractivity contribution in [1.82, 2.24) is 9.88 Å². The van der Waals surface area contributed by atoms with E-state index < -0.39 is 0 Å². The summed E-state index contributed by atoms with van der Waals surface area (Å²) < 4.78 is 5.69. The van der Waals surface area contributed by atoms with Crippen molar-refractivity contribution in [1.29, 1.82) is 0 Å². The van der Waals surface area contributed by atoms with E-state index in [2.05, 4.69) is 71.4 Å². The van der Waals surface area contributed by atoms with E-state index in [4.69, 9.17) is 9.72 Å². The number of likely N-dealkylation sites (N-methyl/N-ethyl adjacent to an activating group) is 1. The predicted molar refractivity (Wildman–Crippen MR) is 113 cm³/mol. The molecule has 0 saturated carbocycles. The molecular weight excluding hydrogens is 354 g/mol. The van der Waals surface area contributed by atoms with Crippen LogP contribution in [0.1, 0.15) is 0 Å². The minimum Gasteiger partial charge on any atom is -0.378 e. The van der Waals surface area contributed by atoms with Crippen molar-refractivity contribution in [2.24, 2.45) is 0 Å². The van der Waals surface area contributed by atoms with Gasteiger partial charge < -0.3 is 14.5 Å². The Bertz CT molecular complexity index is 809. The van der Waals surface area contributed by atoms with Gasteiger partial charge in [0.25, 0.3) is 0 Å². The number of hydrogen-bond acceptors (Lipinski definition) is 5. The molecule has 0 bridgehead atoms. The maximum atomic E-state index is 5.69. The van der Waals surface area contributed by atoms with Crippen LogP contribution in [0, 0.1) is 0 Å². The normalized spacial score (nSPS) is 18.4. The third-order valence-electron chi connectivity index (χ3n) is 4.99. The maximum Gasteiger partial charge on any atom is 0.186 e. The van der Waals surface area contributed by atoms with Gasteiger partial charge in [-0.3, -0.25) is 0 Å². The van der Waals surface area contributed by atoms with Crippen LogP contribution in [0.25, 0.3) is 21.7 Å². The van der Waals surface area contributed by atoms with E-state index in [1.54, 1.807) is 18.4 Å². The Kier molecular flexibility index (Phi) is 5.53. The van der Waals surface area contributed by atoms with Gasteiger partial charge in [-0.1, -0.05) is 72.0 Å². The zero-order chi connectivity index (χ0) is 18.6. The minimum absolute atomic E-state index is 0.196. The van der Waals surface area contributed by atoms with Crippen molar-refractivity contribution in [3.8, 4) is 21.7 Å². The van der Waals surface area contributed by atoms with Crippen molar-refractivity contribution in [3.05, 3.63) is 60.7 Å². The van der Waals surface area contributed by atoms with Crippen LogP contribution in [-0.2, 0) is 4.74 Å². The Labute approximate surface area is 165 Å². The predicted octanol–water partition coefficient (Wildman–Crippen LogP) is 4.24. The highest BCUT2D eigenvalue weighted by Crippen LogP contribution is 2.40. The molecule has 0 amide bonds. The Morgan fingerprint density at radius 1 is 0.926 bits per heavy atom. The van der Waals surface area contributed by atoms with E-state index in [0.717, 1.165) is 42.6 Å². The molecule has 1 fully saturated rings. The third-order valence-corrected chi connectivity index (χ3v) is 6.16. The van der Waals surface area contributed by atoms with E-state index >= 15 is 0 Å². The zero-order valence-corrected chi connectivity index (χ0v) is 16.7. The summed E-state index contributed by atoms with van der Waals surface area (Å²) in [6, 6.07) is 21.0. The second-order valence-electron chi connectivity index (χ2n) is 6.97. The Balaban J connectivity index is 1.75. The molecule has 2 heterocycles. The standard InChI is InChI=1S/C22H25N3OS/c1-24-13-14-25(16-19(15-24)26-2)22-23-20(17-9-5-3-6-10-17)21(27-22)18-11-7-4-8-12-18/h3-12,19H,13-16H2,1-2H3. The first-order valence-electron chi connectivity index (χ1n) is 9.32. The van der Waals surface area contributed by atoms with Crippen molar-refractivity contribution >= 4 is 16.5 Å². The first-order valence-corrected chi connectivity index (χ1v) is 10.1. The molecular formula is C22H25N3OS. The number of ether oxygens (including phenoxy) is 1. The highest BCUT2D eigenvalue weighted by atomic mass is 32.1. The van der Waals surface area contributed by atoms with Crippen LogP contribution >= 0.6 is 11.3 Å². The lowest BCUT2D eigenvalue weighted by Gasteiger charge is -2.22. The number of anilines is 1. The molecule has 0 spiro atoms. The van der Waals surface area contributed by atoms with Crippen molar-refractivity contribution < 1.29 is 4.74 Å². The lowest BCUT2D eigenvalue weighted by molar-refractivity contribution is 0.0868. The molecule has 0 radical (unpaired) electrons. The average molecular weight is 380 g/mol. The van der Waals surface area contributed by atoms with Crippen molar-refractivity contribution in [2.75, 3.05) is 45.2 Å². The van der Waals surface area contributed by atoms with Crippen LogP contribution in [0.15, 0.2) is 60.7 Å². The average Bonchev–Trinajstić information content (AvgIpc) is 3.07. The van der Waals surface area contributed by atoms with E-state index in [-0.39, 0.29) is 6.10 Å². The first kappa shape index (κ1) is 18.2. The van der Waals surface area contributed by atoms with E-state index in [1.807, 2.05) is 6.07 Å². The topological polar surface area (TPSA) is 28.6 Å². The largest absolute Gasteiger partial charge is 0.378 e. The van der Waals surface area contributed by atoms with Crippen LogP contribution in [0.5, 0.6) is 0 Å². The van der Waals surface area contributed by atoms with Gasteiger partial charge in [0.15, 0.2) is 5.13 Å². The monoisotopic (exact) mass is 379 g/mol. The van der Waals surface area contributed by atoms with Gasteiger partial charge in [-0.05, 0) is 12.6 Å². The molecule has 2 aromatic carbocycles. The molecule has 0 N–H and O–H groups in total. The molecule has 5 heteroatoms. The summed E-state index contributed by atoms with van der Waals surface area (Å²) >= 11 is 1.78. The lowest BCUT2D eigenvalue weighted by atomic mass is 10.1. The van der Waals surface area contributed by atoms with Crippen molar-refractivity contribution in [3.63, 3.8) is 0 Å². The highest BCUT2D eigenvalue weighted by Gasteiger charge is 2.24. The van der Waals surface area contributed by atoms with Gasteiger partial charge in [0.2, 0.25) is 0 Å². The first-order chi connectivity index (χ1) is 13.2. The maximum absolute atomic E-state index is 5.69. The number of benzene rings is 2. The van der Waals surface area contributed by atoms with Gasteiger partial charge >= 0.3 is 0 Å². The van der Waals surface area contributed by atoms with Gasteiger partial charge in [-0.25, -0.2) is 4.98 Å². The quantitative estimate of drug-likeness (QED) is 0.678. The Hall–Kier alpha value is -2.21. The van der Waals surface area contributed by atoms with Gasteiger partial charge in [0.1, 0.15) is 0 Å². The molecule has 1 aliphatic rings. The van der Waals surface area contributed by atoms with E-state index in [1.165, 1.54) is 10.4 Å². The number of thiazole rings is 1. The third kappa shape index (κ3) is 4.05. The SMILES string of the molecule is COC1CN(C)CCN(c2nc(-c3ccccc3)c(-c3ccccc3)s2)C1. The fourth-order valence-electron chi connectivity index (χ4n) is 3.47. The van der Waals surface area contributed by atoms with Crippen LogP contribution < -0.4 is 4.90 Å². The molecule has 1 atom stereocenters. The number of aromatic nitrogens is 1. The molecule has 1 aromatic heterocycles. The molecule has 4 nitrogen and oxygen atoms in total. The van der Waals surface area contributed by atoms with Gasteiger partial charge in [-0.2, -0.15) is 0 Å². The summed E-state index contributed by atoms with van der Waals surface area (Å²) in [5, 5.41) is 1.07. The van der Waals surface area contributed by atoms with Crippen LogP contribution in [0.4, 0.5) is 5.13 Å². The summed E-state index contributed by atoms with van der Waals surface area (Å²) in [7, 11) is 3.96. The second-order valence-corrected chi connectivity index (χ2v) is 7.95. The number of hydrogen-bond donors (Lipinski definition) is 0. The van der Waals surface area contributed by atoms with Gasteiger partial charge in [-0.15, -0.1) is 0 Å². The summed E-state index contributed by atoms with van der Waals surface area (Å²) in [4.78, 5) is 11.0. The zero-order valence-electron chi connectivity index (χ0n) is 15.8. The molecule has 0 aliphatic carbocycles. The highest BCUT2D eigenvalue weighted by molar-refractivity contribution is 7.19. The Morgan fingerprint density at radius 3 is 2.26 bits per heavy atom. The fraction of sp³-hybridized carbons (Fsp3) is 0.318. The molecule has 140 valence electrons. The summed E-state index contributed by atoms with van der Waals surface area (Å²) in [5.41, 5.74) is 3.44. The van der Waals surface area contributed by atoms with Gasteiger partial charge in [0.05, 0.1) is 16.7 Å². The number of rotatable bonds is 4. The summed E-state index contributed by atoms with van der Waals surface area (Å²) in [5.74, 6) is 0. The molecule has 27 heavy (non-hydrogen) atoms. The summed E-state index contributed by atoms with van der Waals surface area (Å²) in [6.07, 6.45) is 0.196. The molecule has 1 saturated heterocycles. The number of methoxy groups -OCH3 is 1. The van der Waals surface area contributed by atoms with E-state index in [9.17, 15) is 0 Å². The van der Waals surface area contributed by atoms with Crippen LogP contribution in [-0.4, -0.2) is 56.3 Å². The Morgan fingerprint density at radius 2 is 1.59 bits per heavy atom. The smallest absolute Gasteiger partial charge is 0.186 e. The minimum atomic E-state index is 0.196. The molecule has 1 aliphatic heterocycles. The van der Waals surface area contributed by atoms with Crippen LogP contribution in [0.2, 0.25) is 0 Å². The fourth-order valence-corrected chi connectivity index (χ4v) is 4.60. The van der Waals surface area contributed by atoms with Crippen LogP contribution in [0.3, 0.4) is 0 Å². The number of nitrogens with zero attached hydrogens (tertiary/aromatic N) is 3. The van der Waals surface area contributed by atoms with Gasteiger partial charge in [0, 0.05) is 38.9 Å². The summed E-state index contributed by atoms with van der Waals surface area (Å²) in [6.45, 7) is 3.80. The molecule has 4 rings (SSSR count). The molecule has 3 aromatic rings. The molecule has 1 unspecified atom stereocenters. The lowest BCUT2D eigenvalue weighted by Crippen LogP contribution is -2.34. The second kappa shape index (κ2) is 8.21.